The van der Waals surface area contributed by atoms with Gasteiger partial charge in [0.05, 0.1) is 12.6 Å². The number of carbonyl (C=O) groups is 2. The first-order valence-electron chi connectivity index (χ1n) is 11.2. The lowest BCUT2D eigenvalue weighted by atomic mass is 10.00. The number of thiophene rings is 1. The lowest BCUT2D eigenvalue weighted by molar-refractivity contribution is -0.143. The van der Waals surface area contributed by atoms with E-state index in [2.05, 4.69) is 37.4 Å². The molecule has 0 spiro atoms. The largest absolute Gasteiger partial charge is 0.491 e. The van der Waals surface area contributed by atoms with Crippen LogP contribution in [0.25, 0.3) is 0 Å². The summed E-state index contributed by atoms with van der Waals surface area (Å²) in [7, 11) is 0. The summed E-state index contributed by atoms with van der Waals surface area (Å²) in [5.41, 5.74) is 2.44. The Morgan fingerprint density at radius 1 is 1.19 bits per heavy atom. The summed E-state index contributed by atoms with van der Waals surface area (Å²) in [6.07, 6.45) is 1.67. The number of benzene rings is 1. The quantitative estimate of drug-likeness (QED) is 0.577. The Morgan fingerprint density at radius 2 is 1.90 bits per heavy atom. The van der Waals surface area contributed by atoms with Crippen LogP contribution in [0.5, 0.6) is 5.75 Å². The molecule has 3 rings (SSSR count). The van der Waals surface area contributed by atoms with E-state index in [0.29, 0.717) is 19.1 Å². The minimum atomic E-state index is -0.141. The molecule has 2 unspecified atom stereocenters. The fraction of sp³-hybridized carbons (Fsp3) is 0.520. The van der Waals surface area contributed by atoms with E-state index in [1.165, 1.54) is 22.9 Å². The molecule has 0 fully saturated rings. The Balaban J connectivity index is 1.76. The molecule has 2 heterocycles. The third-order valence-electron chi connectivity index (χ3n) is 6.20. The zero-order valence-electron chi connectivity index (χ0n) is 19.3. The van der Waals surface area contributed by atoms with E-state index >= 15 is 0 Å². The summed E-state index contributed by atoms with van der Waals surface area (Å²) in [4.78, 5) is 30.3. The number of hydrogen-bond acceptors (Lipinski definition) is 4. The number of fused-ring (bicyclic) bond motifs is 1. The van der Waals surface area contributed by atoms with Crippen molar-refractivity contribution in [2.75, 3.05) is 19.7 Å². The third kappa shape index (κ3) is 5.48. The molecule has 2 aromatic rings. The molecule has 6 heteroatoms. The fourth-order valence-corrected chi connectivity index (χ4v) is 4.96. The molecule has 0 saturated carbocycles. The Kier molecular flexibility index (Phi) is 7.76. The molecule has 0 radical (unpaired) electrons. The van der Waals surface area contributed by atoms with Crippen molar-refractivity contribution < 1.29 is 14.3 Å². The highest BCUT2D eigenvalue weighted by atomic mass is 32.1. The summed E-state index contributed by atoms with van der Waals surface area (Å²) >= 11 is 1.74. The van der Waals surface area contributed by atoms with Crippen molar-refractivity contribution in [3.63, 3.8) is 0 Å². The third-order valence-corrected chi connectivity index (χ3v) is 7.20. The average Bonchev–Trinajstić information content (AvgIpc) is 3.24. The second-order valence-corrected chi connectivity index (χ2v) is 9.59. The maximum absolute atomic E-state index is 13.3. The van der Waals surface area contributed by atoms with Crippen LogP contribution < -0.4 is 4.74 Å². The van der Waals surface area contributed by atoms with E-state index in [1.807, 2.05) is 30.9 Å². The standard InChI is InChI=1S/C25H34N2O3S/c1-6-18(4)27(19(5)28)15-25(29)26-13-11-24-22(12-14-31-24)23(26)16-30-21-9-7-20(8-10-21)17(2)3/h7-10,12,14,17-18,23H,6,11,13,15-16H2,1-5H3. The molecule has 31 heavy (non-hydrogen) atoms. The predicted octanol–water partition coefficient (Wildman–Crippen LogP) is 5.02. The van der Waals surface area contributed by atoms with Gasteiger partial charge in [-0.1, -0.05) is 32.9 Å². The van der Waals surface area contributed by atoms with Gasteiger partial charge < -0.3 is 14.5 Å². The summed E-state index contributed by atoms with van der Waals surface area (Å²) < 4.78 is 6.14. The van der Waals surface area contributed by atoms with Crippen LogP contribution in [0.2, 0.25) is 0 Å². The monoisotopic (exact) mass is 442 g/mol. The van der Waals surface area contributed by atoms with E-state index in [0.717, 1.165) is 18.6 Å². The summed E-state index contributed by atoms with van der Waals surface area (Å²) in [6.45, 7) is 11.1. The summed E-state index contributed by atoms with van der Waals surface area (Å²) in [5, 5.41) is 2.09. The number of nitrogens with zero attached hydrogens (tertiary/aromatic N) is 2. The Morgan fingerprint density at radius 3 is 2.52 bits per heavy atom. The second kappa shape index (κ2) is 10.3. The van der Waals surface area contributed by atoms with Crippen LogP contribution in [-0.4, -0.2) is 47.4 Å². The van der Waals surface area contributed by atoms with Crippen molar-refractivity contribution in [1.82, 2.24) is 9.80 Å². The minimum absolute atomic E-state index is 0.0175. The van der Waals surface area contributed by atoms with Gasteiger partial charge in [0.2, 0.25) is 11.8 Å². The summed E-state index contributed by atoms with van der Waals surface area (Å²) in [6, 6.07) is 10.2. The van der Waals surface area contributed by atoms with Gasteiger partial charge in [0.25, 0.3) is 0 Å². The molecule has 2 atom stereocenters. The van der Waals surface area contributed by atoms with Gasteiger partial charge in [0.15, 0.2) is 0 Å². The molecule has 0 N–H and O–H groups in total. The minimum Gasteiger partial charge on any atom is -0.491 e. The Hall–Kier alpha value is -2.34. The Bertz CT molecular complexity index is 890. The van der Waals surface area contributed by atoms with Crippen LogP contribution in [0.4, 0.5) is 0 Å². The van der Waals surface area contributed by atoms with Crippen LogP contribution in [0.15, 0.2) is 35.7 Å². The van der Waals surface area contributed by atoms with Crippen molar-refractivity contribution >= 4 is 23.2 Å². The van der Waals surface area contributed by atoms with E-state index < -0.39 is 0 Å². The van der Waals surface area contributed by atoms with Gasteiger partial charge in [0.1, 0.15) is 12.4 Å². The molecule has 1 aromatic heterocycles. The van der Waals surface area contributed by atoms with Crippen LogP contribution >= 0.6 is 11.3 Å². The highest BCUT2D eigenvalue weighted by Gasteiger charge is 2.33. The van der Waals surface area contributed by atoms with Crippen LogP contribution in [-0.2, 0) is 16.0 Å². The number of ether oxygens (including phenoxy) is 1. The molecule has 0 aliphatic carbocycles. The average molecular weight is 443 g/mol. The van der Waals surface area contributed by atoms with Gasteiger partial charge in [0, 0.05) is 24.4 Å². The topological polar surface area (TPSA) is 49.9 Å². The number of amides is 2. The van der Waals surface area contributed by atoms with Crippen molar-refractivity contribution in [3.05, 3.63) is 51.7 Å². The first-order valence-corrected chi connectivity index (χ1v) is 12.1. The van der Waals surface area contributed by atoms with Crippen molar-refractivity contribution in [2.45, 2.75) is 65.5 Å². The molecule has 0 bridgehead atoms. The predicted molar refractivity (Wildman–Crippen MR) is 126 cm³/mol. The lowest BCUT2D eigenvalue weighted by Crippen LogP contribution is -2.49. The first kappa shape index (κ1) is 23.3. The van der Waals surface area contributed by atoms with Crippen molar-refractivity contribution in [2.24, 2.45) is 0 Å². The van der Waals surface area contributed by atoms with Crippen molar-refractivity contribution in [1.29, 1.82) is 0 Å². The highest BCUT2D eigenvalue weighted by molar-refractivity contribution is 7.10. The van der Waals surface area contributed by atoms with Crippen LogP contribution in [0, 0.1) is 0 Å². The highest BCUT2D eigenvalue weighted by Crippen LogP contribution is 2.34. The second-order valence-electron chi connectivity index (χ2n) is 8.59. The molecule has 5 nitrogen and oxygen atoms in total. The SMILES string of the molecule is CCC(C)N(CC(=O)N1CCc2sccc2C1COc1ccc(C(C)C)cc1)C(C)=O. The van der Waals surface area contributed by atoms with Gasteiger partial charge >= 0.3 is 0 Å². The van der Waals surface area contributed by atoms with Crippen molar-refractivity contribution in [3.8, 4) is 5.75 Å². The molecule has 2 amide bonds. The van der Waals surface area contributed by atoms with Gasteiger partial charge in [-0.3, -0.25) is 9.59 Å². The molecule has 1 aromatic carbocycles. The molecule has 1 aliphatic rings. The molecular weight excluding hydrogens is 408 g/mol. The van der Waals surface area contributed by atoms with E-state index in [-0.39, 0.29) is 30.4 Å². The van der Waals surface area contributed by atoms with E-state index in [1.54, 1.807) is 16.2 Å². The normalized spacial score (nSPS) is 16.7. The number of hydrogen-bond donors (Lipinski definition) is 0. The molecule has 1 aliphatic heterocycles. The molecule has 0 saturated heterocycles. The molecular formula is C25H34N2O3S. The zero-order valence-corrected chi connectivity index (χ0v) is 20.1. The molecule has 168 valence electrons. The maximum atomic E-state index is 13.3. The smallest absolute Gasteiger partial charge is 0.242 e. The maximum Gasteiger partial charge on any atom is 0.242 e. The zero-order chi connectivity index (χ0) is 22.5. The lowest BCUT2D eigenvalue weighted by Gasteiger charge is -2.37. The Labute approximate surface area is 190 Å². The van der Waals surface area contributed by atoms with Gasteiger partial charge in [-0.15, -0.1) is 11.3 Å². The van der Waals surface area contributed by atoms with E-state index in [9.17, 15) is 9.59 Å². The fourth-order valence-electron chi connectivity index (χ4n) is 4.03. The first-order chi connectivity index (χ1) is 14.8. The number of carbonyl (C=O) groups excluding carboxylic acids is 2. The van der Waals surface area contributed by atoms with Crippen LogP contribution in [0.3, 0.4) is 0 Å². The number of rotatable bonds is 8. The van der Waals surface area contributed by atoms with Gasteiger partial charge in [-0.2, -0.15) is 0 Å². The summed E-state index contributed by atoms with van der Waals surface area (Å²) in [5.74, 6) is 1.21. The van der Waals surface area contributed by atoms with Crippen LogP contribution in [0.1, 0.15) is 69.0 Å². The van der Waals surface area contributed by atoms with E-state index in [4.69, 9.17) is 4.74 Å². The van der Waals surface area contributed by atoms with Gasteiger partial charge in [-0.05, 0) is 60.4 Å². The van der Waals surface area contributed by atoms with Gasteiger partial charge in [-0.25, -0.2) is 0 Å².